The number of ether oxygens (including phenoxy) is 4. The fraction of sp³-hybridized carbons (Fsp3) is 0.536. The van der Waals surface area contributed by atoms with Gasteiger partial charge < -0.3 is 24.1 Å². The first-order valence-electron chi connectivity index (χ1n) is 13.2. The number of hydrogen-bond donors (Lipinski definition) is 1. The molecule has 0 radical (unpaired) electrons. The Kier molecular flexibility index (Phi) is 12.5. The minimum Gasteiger partial charge on any atom is -0.491 e. The van der Waals surface area contributed by atoms with Crippen LogP contribution < -0.4 is 9.47 Å². The third kappa shape index (κ3) is 7.67. The second-order valence-corrected chi connectivity index (χ2v) is 14.0. The number of carbonyl (C=O) groups excluding carboxylic acids is 1. The van der Waals surface area contributed by atoms with Gasteiger partial charge in [0.2, 0.25) is 0 Å². The van der Waals surface area contributed by atoms with Crippen molar-refractivity contribution >= 4 is 53.0 Å². The summed E-state index contributed by atoms with van der Waals surface area (Å²) in [7, 11) is 0. The number of hydrogen-bond acceptors (Lipinski definition) is 12. The molecule has 2 aliphatic heterocycles. The quantitative estimate of drug-likeness (QED) is 0.0766. The molecule has 1 aromatic rings. The number of rotatable bonds is 13. The number of nitriles is 2. The highest BCUT2D eigenvalue weighted by molar-refractivity contribution is 8.26. The number of esters is 1. The molecule has 0 aromatic heterocycles. The van der Waals surface area contributed by atoms with Gasteiger partial charge in [-0.3, -0.25) is 0 Å². The zero-order valence-corrected chi connectivity index (χ0v) is 26.8. The summed E-state index contributed by atoms with van der Waals surface area (Å²) in [5.74, 6) is 0.571. The number of carbonyl (C=O) groups is 1. The topological polar surface area (TPSA) is 122 Å². The summed E-state index contributed by atoms with van der Waals surface area (Å²) in [5, 5.41) is 30.4. The Bertz CT molecular complexity index is 1210. The molecule has 3 rings (SSSR count). The molecule has 2 aliphatic rings. The first-order valence-corrected chi connectivity index (χ1v) is 16.5. The van der Waals surface area contributed by atoms with E-state index >= 15 is 0 Å². The lowest BCUT2D eigenvalue weighted by atomic mass is 10.3. The van der Waals surface area contributed by atoms with Crippen LogP contribution in [-0.4, -0.2) is 42.8 Å². The first kappa shape index (κ1) is 32.6. The molecule has 1 N–H and O–H groups in total. The minimum absolute atomic E-state index is 0.0549. The van der Waals surface area contributed by atoms with Gasteiger partial charge in [-0.05, 0) is 40.5 Å². The SMILES string of the molecule is CCCCOc1c2c(c(OCCCC)c3c1SC(=C(C#N)C(O)OC(C)C)S3)SC(=C(C#N)C(=O)OC(C)C)S2. The summed E-state index contributed by atoms with van der Waals surface area (Å²) < 4.78 is 24.6. The lowest BCUT2D eigenvalue weighted by molar-refractivity contribution is -0.142. The highest BCUT2D eigenvalue weighted by atomic mass is 32.2. The predicted octanol–water partition coefficient (Wildman–Crippen LogP) is 7.61. The molecule has 0 spiro atoms. The van der Waals surface area contributed by atoms with Crippen LogP contribution in [0.2, 0.25) is 0 Å². The van der Waals surface area contributed by atoms with Gasteiger partial charge in [-0.15, -0.1) is 0 Å². The van der Waals surface area contributed by atoms with E-state index in [1.807, 2.05) is 6.07 Å². The second-order valence-electron chi connectivity index (χ2n) is 9.37. The summed E-state index contributed by atoms with van der Waals surface area (Å²) >= 11 is 5.27. The largest absolute Gasteiger partial charge is 0.491 e. The Labute approximate surface area is 253 Å². The maximum Gasteiger partial charge on any atom is 0.350 e. The van der Waals surface area contributed by atoms with Gasteiger partial charge in [0.1, 0.15) is 29.2 Å². The normalized spacial score (nSPS) is 14.5. The van der Waals surface area contributed by atoms with Gasteiger partial charge in [0.15, 0.2) is 11.9 Å². The molecule has 40 heavy (non-hydrogen) atoms. The van der Waals surface area contributed by atoms with E-state index in [-0.39, 0.29) is 23.4 Å². The molecule has 12 heteroatoms. The Morgan fingerprint density at radius 1 is 0.800 bits per heavy atom. The Balaban J connectivity index is 2.18. The molecular formula is C28H34N2O6S4. The van der Waals surface area contributed by atoms with Crippen molar-refractivity contribution in [2.75, 3.05) is 13.2 Å². The van der Waals surface area contributed by atoms with Crippen LogP contribution in [-0.2, 0) is 14.3 Å². The maximum atomic E-state index is 12.7. The van der Waals surface area contributed by atoms with Gasteiger partial charge in [0.25, 0.3) is 0 Å². The van der Waals surface area contributed by atoms with Gasteiger partial charge in [-0.25, -0.2) is 4.79 Å². The fourth-order valence-corrected chi connectivity index (χ4v) is 8.92. The third-order valence-electron chi connectivity index (χ3n) is 5.36. The summed E-state index contributed by atoms with van der Waals surface area (Å²) in [6.07, 6.45) is 1.58. The highest BCUT2D eigenvalue weighted by Gasteiger charge is 2.39. The number of nitrogens with zero attached hydrogens (tertiary/aromatic N) is 2. The van der Waals surface area contributed by atoms with Crippen molar-refractivity contribution in [1.29, 1.82) is 10.5 Å². The minimum atomic E-state index is -1.36. The van der Waals surface area contributed by atoms with E-state index in [0.29, 0.717) is 33.2 Å². The van der Waals surface area contributed by atoms with Crippen LogP contribution in [0.15, 0.2) is 39.2 Å². The van der Waals surface area contributed by atoms with Gasteiger partial charge >= 0.3 is 5.97 Å². The first-order chi connectivity index (χ1) is 19.2. The van der Waals surface area contributed by atoms with Gasteiger partial charge in [0, 0.05) is 0 Å². The number of fused-ring (bicyclic) bond motifs is 2. The number of benzene rings is 1. The van der Waals surface area contributed by atoms with Crippen molar-refractivity contribution in [3.05, 3.63) is 19.6 Å². The molecule has 0 amide bonds. The Morgan fingerprint density at radius 3 is 1.65 bits per heavy atom. The van der Waals surface area contributed by atoms with Gasteiger partial charge in [-0.1, -0.05) is 73.7 Å². The highest BCUT2D eigenvalue weighted by Crippen LogP contribution is 2.68. The number of aliphatic hydroxyl groups excluding tert-OH is 1. The lowest BCUT2D eigenvalue weighted by Crippen LogP contribution is -2.19. The van der Waals surface area contributed by atoms with Crippen molar-refractivity contribution in [3.8, 4) is 23.6 Å². The predicted molar refractivity (Wildman–Crippen MR) is 159 cm³/mol. The molecule has 2 heterocycles. The van der Waals surface area contributed by atoms with Crippen molar-refractivity contribution in [2.45, 2.75) is 105 Å². The molecule has 8 nitrogen and oxygen atoms in total. The van der Waals surface area contributed by atoms with Crippen molar-refractivity contribution in [2.24, 2.45) is 0 Å². The summed E-state index contributed by atoms with van der Waals surface area (Å²) in [6, 6.07) is 4.15. The molecule has 0 saturated heterocycles. The second kappa shape index (κ2) is 15.3. The zero-order valence-electron chi connectivity index (χ0n) is 23.5. The number of aliphatic hydroxyl groups is 1. The molecule has 1 unspecified atom stereocenters. The Morgan fingerprint density at radius 2 is 1.27 bits per heavy atom. The number of thioether (sulfide) groups is 4. The van der Waals surface area contributed by atoms with Crippen LogP contribution in [0.3, 0.4) is 0 Å². The van der Waals surface area contributed by atoms with E-state index in [0.717, 1.165) is 45.3 Å². The van der Waals surface area contributed by atoms with E-state index in [1.54, 1.807) is 27.7 Å². The maximum absolute atomic E-state index is 12.7. The van der Waals surface area contributed by atoms with Crippen LogP contribution in [0.5, 0.6) is 11.5 Å². The standard InChI is InChI=1S/C28H34N2O6S4/c1-7-9-11-33-19-21-23(39-27(37-21)17(13-29)25(31)35-15(3)4)20(34-12-10-8-2)24-22(19)38-28(40-24)18(14-30)26(32)36-16(5)6/h15-16,25,31H,7-12H2,1-6H3. The monoisotopic (exact) mass is 622 g/mol. The van der Waals surface area contributed by atoms with Gasteiger partial charge in [-0.2, -0.15) is 10.5 Å². The average Bonchev–Trinajstić information content (AvgIpc) is 3.50. The van der Waals surface area contributed by atoms with E-state index < -0.39 is 12.3 Å². The van der Waals surface area contributed by atoms with Crippen LogP contribution in [0, 0.1) is 22.7 Å². The smallest absolute Gasteiger partial charge is 0.350 e. The molecule has 0 bridgehead atoms. The van der Waals surface area contributed by atoms with Crippen molar-refractivity contribution in [3.63, 3.8) is 0 Å². The lowest BCUT2D eigenvalue weighted by Gasteiger charge is -2.18. The molecule has 0 fully saturated rings. The Hall–Kier alpha value is -1.93. The van der Waals surface area contributed by atoms with E-state index in [2.05, 4.69) is 19.9 Å². The molecule has 1 aromatic carbocycles. The molecule has 0 aliphatic carbocycles. The summed E-state index contributed by atoms with van der Waals surface area (Å²) in [5.41, 5.74) is 0.0730. The van der Waals surface area contributed by atoms with E-state index in [9.17, 15) is 20.4 Å². The summed E-state index contributed by atoms with van der Waals surface area (Å²) in [6.45, 7) is 12.2. The van der Waals surface area contributed by atoms with Gasteiger partial charge in [0.05, 0.1) is 53.5 Å². The van der Waals surface area contributed by atoms with E-state index in [4.69, 9.17) is 18.9 Å². The molecule has 216 valence electrons. The van der Waals surface area contributed by atoms with Crippen LogP contribution >= 0.6 is 47.0 Å². The zero-order chi connectivity index (χ0) is 29.4. The van der Waals surface area contributed by atoms with Crippen LogP contribution in [0.25, 0.3) is 0 Å². The third-order valence-corrected chi connectivity index (χ3v) is 10.6. The van der Waals surface area contributed by atoms with Crippen molar-refractivity contribution < 1.29 is 28.8 Å². The summed E-state index contributed by atoms with van der Waals surface area (Å²) in [4.78, 5) is 15.8. The molecule has 1 atom stereocenters. The van der Waals surface area contributed by atoms with Crippen LogP contribution in [0.1, 0.15) is 67.2 Å². The fourth-order valence-electron chi connectivity index (χ4n) is 3.49. The average molecular weight is 623 g/mol. The number of unbranched alkanes of at least 4 members (excludes halogenated alkanes) is 2. The molecular weight excluding hydrogens is 589 g/mol. The van der Waals surface area contributed by atoms with E-state index in [1.165, 1.54) is 47.0 Å². The molecule has 0 saturated carbocycles. The van der Waals surface area contributed by atoms with Crippen molar-refractivity contribution in [1.82, 2.24) is 0 Å². The van der Waals surface area contributed by atoms with Crippen LogP contribution in [0.4, 0.5) is 0 Å².